The molecular weight excluding hydrogens is 599 g/mol. The number of hydrogen-bond acceptors (Lipinski definition) is 7. The van der Waals surface area contributed by atoms with Gasteiger partial charge in [0.05, 0.1) is 12.4 Å². The predicted molar refractivity (Wildman–Crippen MR) is 171 cm³/mol. The Bertz CT molecular complexity index is 1750. The lowest BCUT2D eigenvalue weighted by molar-refractivity contribution is -0.0171. The topological polar surface area (TPSA) is 125 Å². The van der Waals surface area contributed by atoms with E-state index in [1.807, 2.05) is 0 Å². The fourth-order valence-corrected chi connectivity index (χ4v) is 9.58. The lowest BCUT2D eigenvalue weighted by Gasteiger charge is -2.25. The number of aryl methyl sites for hydroxylation is 1. The third-order valence-electron chi connectivity index (χ3n) is 7.34. The van der Waals surface area contributed by atoms with Gasteiger partial charge in [-0.15, -0.1) is 0 Å². The van der Waals surface area contributed by atoms with Gasteiger partial charge in [-0.05, 0) is 48.9 Å². The zero-order valence-electron chi connectivity index (χ0n) is 24.1. The van der Waals surface area contributed by atoms with Crippen LogP contribution in [-0.2, 0) is 21.7 Å². The van der Waals surface area contributed by atoms with Gasteiger partial charge < -0.3 is 14.0 Å². The summed E-state index contributed by atoms with van der Waals surface area (Å²) in [6, 6.07) is 31.2. The number of carbonyl (C=O) groups excluding carboxylic acids is 1. The van der Waals surface area contributed by atoms with E-state index in [4.69, 9.17) is 0 Å². The van der Waals surface area contributed by atoms with Gasteiger partial charge in [-0.1, -0.05) is 66.7 Å². The van der Waals surface area contributed by atoms with Crippen molar-refractivity contribution in [1.29, 1.82) is 0 Å². The SMILES string of the molecule is CC=C[P+](c1ccccc1)(c1ccccc1)c1ccccc1.Cn1cc(C2=CCN3CC2N(OS(=O)(=O)[O-])C3=O)cnc1=O. The minimum atomic E-state index is -5.07. The average Bonchev–Trinajstić information content (AvgIpc) is 3.26. The van der Waals surface area contributed by atoms with Crippen molar-refractivity contribution in [2.45, 2.75) is 13.0 Å². The molecule has 1 atom stereocenters. The molecule has 2 amide bonds. The summed E-state index contributed by atoms with van der Waals surface area (Å²) in [7, 11) is -5.28. The fourth-order valence-electron chi connectivity index (χ4n) is 5.43. The van der Waals surface area contributed by atoms with Crippen LogP contribution in [0.1, 0.15) is 12.5 Å². The van der Waals surface area contributed by atoms with Crippen LogP contribution in [0.15, 0.2) is 126 Å². The minimum absolute atomic E-state index is 0.184. The van der Waals surface area contributed by atoms with Crippen LogP contribution in [0.4, 0.5) is 4.79 Å². The third-order valence-corrected chi connectivity index (χ3v) is 11.8. The van der Waals surface area contributed by atoms with Crippen LogP contribution in [0.5, 0.6) is 0 Å². The van der Waals surface area contributed by atoms with Crippen LogP contribution in [-0.4, -0.2) is 57.6 Å². The summed E-state index contributed by atoms with van der Waals surface area (Å²) in [5.41, 5.74) is 0.659. The number of urea groups is 1. The maximum atomic E-state index is 12.0. The molecular formula is C32H31N4O6PS. The van der Waals surface area contributed by atoms with E-state index in [0.717, 1.165) is 0 Å². The molecule has 2 aliphatic heterocycles. The number of hydroxylamine groups is 2. The van der Waals surface area contributed by atoms with Gasteiger partial charge in [0.25, 0.3) is 0 Å². The Balaban J connectivity index is 0.000000175. The molecule has 3 heterocycles. The van der Waals surface area contributed by atoms with E-state index in [0.29, 0.717) is 16.2 Å². The molecule has 44 heavy (non-hydrogen) atoms. The van der Waals surface area contributed by atoms with E-state index in [1.54, 1.807) is 6.08 Å². The van der Waals surface area contributed by atoms with Crippen LogP contribution >= 0.6 is 7.26 Å². The number of rotatable bonds is 7. The Morgan fingerprint density at radius 2 is 1.43 bits per heavy atom. The monoisotopic (exact) mass is 630 g/mol. The van der Waals surface area contributed by atoms with E-state index in [2.05, 4.69) is 119 Å². The van der Waals surface area contributed by atoms with Gasteiger partial charge in [-0.2, -0.15) is 9.35 Å². The van der Waals surface area contributed by atoms with Crippen molar-refractivity contribution in [3.05, 3.63) is 137 Å². The second-order valence-electron chi connectivity index (χ2n) is 10.1. The second kappa shape index (κ2) is 13.1. The maximum Gasteiger partial charge on any atom is 0.347 e. The molecule has 0 radical (unpaired) electrons. The lowest BCUT2D eigenvalue weighted by atomic mass is 9.99. The van der Waals surface area contributed by atoms with E-state index in [9.17, 15) is 22.6 Å². The van der Waals surface area contributed by atoms with Gasteiger partial charge in [0.15, 0.2) is 0 Å². The second-order valence-corrected chi connectivity index (χ2v) is 14.4. The van der Waals surface area contributed by atoms with E-state index in [1.165, 1.54) is 44.8 Å². The van der Waals surface area contributed by atoms with Crippen molar-refractivity contribution >= 4 is 45.2 Å². The highest BCUT2D eigenvalue weighted by Crippen LogP contribution is 2.56. The summed E-state index contributed by atoms with van der Waals surface area (Å²) in [5, 5.41) is 4.73. The molecule has 0 saturated carbocycles. The number of benzene rings is 3. The Morgan fingerprint density at radius 3 is 1.89 bits per heavy atom. The number of amides is 2. The summed E-state index contributed by atoms with van der Waals surface area (Å²) >= 11 is 0. The number of nitrogens with zero attached hydrogens (tertiary/aromatic N) is 4. The van der Waals surface area contributed by atoms with Gasteiger partial charge in [0.1, 0.15) is 29.2 Å². The standard InChI is InChI=1S/C21H20P.C11H12N4O6S/c1-2-18-22(19-12-6-3-7-13-19,20-14-8-4-9-15-20)21-16-10-5-11-17-21;1-13-5-7(4-12-10(13)16)8-2-3-14-6-9(8)15(11(14)17)21-22(18,19)20/h2-18H,1H3;2,4-5,9H,3,6H2,1H3,(H,18,19,20)/q+1;/p-1. The van der Waals surface area contributed by atoms with Crippen molar-refractivity contribution in [2.24, 2.45) is 7.05 Å². The van der Waals surface area contributed by atoms with Crippen molar-refractivity contribution in [1.82, 2.24) is 19.5 Å². The molecule has 1 aromatic heterocycles. The quantitative estimate of drug-likeness (QED) is 0.175. The predicted octanol–water partition coefficient (Wildman–Crippen LogP) is 3.19. The number of carbonyl (C=O) groups is 1. The van der Waals surface area contributed by atoms with Crippen molar-refractivity contribution < 1.29 is 22.0 Å². The number of hydrogen-bond donors (Lipinski definition) is 0. The van der Waals surface area contributed by atoms with Crippen molar-refractivity contribution in [2.75, 3.05) is 13.1 Å². The molecule has 226 valence electrons. The van der Waals surface area contributed by atoms with Crippen LogP contribution < -0.4 is 21.6 Å². The molecule has 4 aromatic rings. The van der Waals surface area contributed by atoms with Crippen LogP contribution in [0.2, 0.25) is 0 Å². The first-order valence-electron chi connectivity index (χ1n) is 13.8. The normalized spacial score (nSPS) is 16.5. The number of aromatic nitrogens is 2. The molecule has 12 heteroatoms. The summed E-state index contributed by atoms with van der Waals surface area (Å²) < 4.78 is 37.9. The highest BCUT2D eigenvalue weighted by molar-refractivity contribution is 7.98. The van der Waals surface area contributed by atoms with Gasteiger partial charge in [0, 0.05) is 31.5 Å². The highest BCUT2D eigenvalue weighted by atomic mass is 32.3. The largest absolute Gasteiger partial charge is 0.724 e. The van der Waals surface area contributed by atoms with E-state index < -0.39 is 35.4 Å². The average molecular weight is 631 g/mol. The number of allylic oxidation sites excluding steroid dienone is 1. The highest BCUT2D eigenvalue weighted by Gasteiger charge is 2.45. The van der Waals surface area contributed by atoms with Gasteiger partial charge in [-0.25, -0.2) is 23.0 Å². The smallest absolute Gasteiger partial charge is 0.347 e. The van der Waals surface area contributed by atoms with E-state index in [-0.39, 0.29) is 13.1 Å². The van der Waals surface area contributed by atoms with Gasteiger partial charge in [0.2, 0.25) is 10.4 Å². The Kier molecular flexibility index (Phi) is 9.22. The summed E-state index contributed by atoms with van der Waals surface area (Å²) in [6.07, 6.45) is 6.75. The molecule has 1 saturated heterocycles. The van der Waals surface area contributed by atoms with Gasteiger partial charge in [-0.3, -0.25) is 0 Å². The van der Waals surface area contributed by atoms with Crippen LogP contribution in [0.25, 0.3) is 5.57 Å². The first kappa shape index (κ1) is 31.0. The fraction of sp³-hybridized carbons (Fsp3) is 0.156. The zero-order chi connectivity index (χ0) is 31.3. The zero-order valence-corrected chi connectivity index (χ0v) is 25.8. The summed E-state index contributed by atoms with van der Waals surface area (Å²) in [5.74, 6) is 2.41. The summed E-state index contributed by atoms with van der Waals surface area (Å²) in [4.78, 5) is 28.3. The molecule has 3 aromatic carbocycles. The van der Waals surface area contributed by atoms with Crippen molar-refractivity contribution in [3.8, 4) is 0 Å². The molecule has 0 aliphatic carbocycles. The number of fused-ring (bicyclic) bond motifs is 2. The lowest BCUT2D eigenvalue weighted by Crippen LogP contribution is -2.36. The molecule has 10 nitrogen and oxygen atoms in total. The molecule has 0 spiro atoms. The first-order chi connectivity index (χ1) is 21.1. The minimum Gasteiger partial charge on any atom is -0.724 e. The molecule has 2 bridgehead atoms. The van der Waals surface area contributed by atoms with Crippen molar-refractivity contribution in [3.63, 3.8) is 0 Å². The molecule has 0 N–H and O–H groups in total. The van der Waals surface area contributed by atoms with E-state index >= 15 is 0 Å². The molecule has 2 aliphatic rings. The maximum absolute atomic E-state index is 12.0. The van der Waals surface area contributed by atoms with Crippen LogP contribution in [0, 0.1) is 0 Å². The third kappa shape index (κ3) is 6.41. The Morgan fingerprint density at radius 1 is 0.909 bits per heavy atom. The first-order valence-corrected chi connectivity index (χ1v) is 17.0. The summed E-state index contributed by atoms with van der Waals surface area (Å²) in [6.45, 7) is 2.54. The Labute approximate surface area is 256 Å². The van der Waals surface area contributed by atoms with Crippen LogP contribution in [0.3, 0.4) is 0 Å². The van der Waals surface area contributed by atoms with Gasteiger partial charge >= 0.3 is 11.7 Å². The molecule has 1 fully saturated rings. The molecule has 6 rings (SSSR count). The molecule has 1 unspecified atom stereocenters. The Hall–Kier alpha value is -4.41.